The van der Waals surface area contributed by atoms with Gasteiger partial charge in [-0.15, -0.1) is 0 Å². The first-order valence-electron chi connectivity index (χ1n) is 5.16. The number of thiocarbonyl (C=S) groups is 1. The first-order chi connectivity index (χ1) is 8.08. The minimum Gasteiger partial charge on any atom is -0.491 e. The van der Waals surface area contributed by atoms with Gasteiger partial charge in [-0.25, -0.2) is 0 Å². The molecule has 0 saturated heterocycles. The van der Waals surface area contributed by atoms with Crippen LogP contribution in [0.5, 0.6) is 5.75 Å². The lowest BCUT2D eigenvalue weighted by Gasteiger charge is -2.13. The summed E-state index contributed by atoms with van der Waals surface area (Å²) < 4.78 is 5.49. The van der Waals surface area contributed by atoms with Crippen LogP contribution in [0.15, 0.2) is 18.2 Å². The molecule has 1 heterocycles. The summed E-state index contributed by atoms with van der Waals surface area (Å²) in [7, 11) is 1.74. The van der Waals surface area contributed by atoms with Crippen molar-refractivity contribution in [1.82, 2.24) is 4.90 Å². The van der Waals surface area contributed by atoms with E-state index in [2.05, 4.69) is 5.32 Å². The van der Waals surface area contributed by atoms with Crippen LogP contribution in [0.3, 0.4) is 0 Å². The molecule has 0 radical (unpaired) electrons. The van der Waals surface area contributed by atoms with Crippen LogP contribution in [0, 0.1) is 0 Å². The molecule has 0 unspecified atom stereocenters. The van der Waals surface area contributed by atoms with Crippen molar-refractivity contribution in [3.05, 3.63) is 23.8 Å². The molecule has 0 fully saturated rings. The van der Waals surface area contributed by atoms with Crippen molar-refractivity contribution in [2.75, 3.05) is 25.5 Å². The molecule has 1 aliphatic rings. The number of carbonyl (C=O) groups excluding carboxylic acids is 1. The fourth-order valence-electron chi connectivity index (χ4n) is 1.64. The van der Waals surface area contributed by atoms with Gasteiger partial charge in [0.25, 0.3) is 5.91 Å². The van der Waals surface area contributed by atoms with E-state index in [4.69, 9.17) is 22.7 Å². The van der Waals surface area contributed by atoms with Gasteiger partial charge >= 0.3 is 0 Å². The van der Waals surface area contributed by atoms with Gasteiger partial charge in [0.2, 0.25) is 0 Å². The Labute approximate surface area is 105 Å². The number of nitrogens with one attached hydrogen (secondary N) is 1. The summed E-state index contributed by atoms with van der Waals surface area (Å²) in [4.78, 5) is 13.6. The van der Waals surface area contributed by atoms with Gasteiger partial charge in [-0.05, 0) is 30.4 Å². The Kier molecular flexibility index (Phi) is 3.14. The minimum absolute atomic E-state index is 0.0657. The van der Waals surface area contributed by atoms with Gasteiger partial charge in [-0.1, -0.05) is 0 Å². The molecule has 2 rings (SSSR count). The fourth-order valence-corrected chi connectivity index (χ4v) is 1.76. The van der Waals surface area contributed by atoms with Gasteiger partial charge in [-0.2, -0.15) is 0 Å². The van der Waals surface area contributed by atoms with Gasteiger partial charge in [-0.3, -0.25) is 4.79 Å². The molecular formula is C11H13N3O2S. The lowest BCUT2D eigenvalue weighted by atomic mass is 10.1. The molecule has 0 aliphatic carbocycles. The SMILES string of the molecule is CN1CCOc2ccc(NC(N)=S)cc2C1=O. The van der Waals surface area contributed by atoms with Crippen molar-refractivity contribution in [2.45, 2.75) is 0 Å². The summed E-state index contributed by atoms with van der Waals surface area (Å²) in [5.41, 5.74) is 6.59. The molecule has 17 heavy (non-hydrogen) atoms. The number of hydrogen-bond donors (Lipinski definition) is 2. The number of nitrogens with two attached hydrogens (primary N) is 1. The molecule has 0 aromatic heterocycles. The van der Waals surface area contributed by atoms with Crippen LogP contribution in [-0.4, -0.2) is 36.1 Å². The third-order valence-corrected chi connectivity index (χ3v) is 2.61. The first-order valence-corrected chi connectivity index (χ1v) is 5.57. The number of hydrogen-bond acceptors (Lipinski definition) is 3. The normalized spacial score (nSPS) is 14.6. The molecule has 0 saturated carbocycles. The van der Waals surface area contributed by atoms with E-state index in [1.54, 1.807) is 30.1 Å². The largest absolute Gasteiger partial charge is 0.491 e. The Balaban J connectivity index is 2.38. The molecule has 0 spiro atoms. The number of likely N-dealkylation sites (N-methyl/N-ethyl adjacent to an activating group) is 1. The molecule has 5 nitrogen and oxygen atoms in total. The molecular weight excluding hydrogens is 238 g/mol. The quantitative estimate of drug-likeness (QED) is 0.723. The van der Waals surface area contributed by atoms with Gasteiger partial charge in [0.1, 0.15) is 12.4 Å². The Hall–Kier alpha value is -1.82. The lowest BCUT2D eigenvalue weighted by Crippen LogP contribution is -2.28. The van der Waals surface area contributed by atoms with Crippen LogP contribution in [-0.2, 0) is 0 Å². The van der Waals surface area contributed by atoms with Crippen LogP contribution in [0.1, 0.15) is 10.4 Å². The average Bonchev–Trinajstić information content (AvgIpc) is 2.40. The van der Waals surface area contributed by atoms with Crippen molar-refractivity contribution in [3.8, 4) is 5.75 Å². The summed E-state index contributed by atoms with van der Waals surface area (Å²) in [5.74, 6) is 0.525. The zero-order valence-electron chi connectivity index (χ0n) is 9.40. The van der Waals surface area contributed by atoms with Crippen LogP contribution >= 0.6 is 12.2 Å². The monoisotopic (exact) mass is 251 g/mol. The van der Waals surface area contributed by atoms with Crippen molar-refractivity contribution in [2.24, 2.45) is 5.73 Å². The number of benzene rings is 1. The van der Waals surface area contributed by atoms with E-state index in [1.165, 1.54) is 0 Å². The molecule has 1 aromatic carbocycles. The van der Waals surface area contributed by atoms with Crippen molar-refractivity contribution in [3.63, 3.8) is 0 Å². The number of rotatable bonds is 1. The second kappa shape index (κ2) is 4.58. The maximum absolute atomic E-state index is 12.0. The fraction of sp³-hybridized carbons (Fsp3) is 0.273. The standard InChI is InChI=1S/C11H13N3O2S/c1-14-4-5-16-9-3-2-7(13-11(12)17)6-8(9)10(14)15/h2-3,6H,4-5H2,1H3,(H3,12,13,17). The van der Waals surface area contributed by atoms with E-state index in [0.29, 0.717) is 30.2 Å². The second-order valence-corrected chi connectivity index (χ2v) is 4.22. The highest BCUT2D eigenvalue weighted by atomic mass is 32.1. The van der Waals surface area contributed by atoms with E-state index >= 15 is 0 Å². The zero-order valence-corrected chi connectivity index (χ0v) is 10.2. The third kappa shape index (κ3) is 2.47. The maximum atomic E-state index is 12.0. The highest BCUT2D eigenvalue weighted by Crippen LogP contribution is 2.25. The Morgan fingerprint density at radius 2 is 2.35 bits per heavy atom. The number of carbonyl (C=O) groups is 1. The molecule has 0 bridgehead atoms. The predicted octanol–water partition coefficient (Wildman–Crippen LogP) is 0.807. The number of ether oxygens (including phenoxy) is 1. The molecule has 3 N–H and O–H groups in total. The van der Waals surface area contributed by atoms with Crippen molar-refractivity contribution in [1.29, 1.82) is 0 Å². The molecule has 0 atom stereocenters. The summed E-state index contributed by atoms with van der Waals surface area (Å²) >= 11 is 4.75. The molecule has 1 aliphatic heterocycles. The smallest absolute Gasteiger partial charge is 0.257 e. The molecule has 90 valence electrons. The maximum Gasteiger partial charge on any atom is 0.257 e. The van der Waals surface area contributed by atoms with Gasteiger partial charge < -0.3 is 20.7 Å². The van der Waals surface area contributed by atoms with E-state index in [9.17, 15) is 4.79 Å². The topological polar surface area (TPSA) is 67.6 Å². The second-order valence-electron chi connectivity index (χ2n) is 3.78. The highest BCUT2D eigenvalue weighted by Gasteiger charge is 2.21. The highest BCUT2D eigenvalue weighted by molar-refractivity contribution is 7.80. The predicted molar refractivity (Wildman–Crippen MR) is 69.3 cm³/mol. The number of amides is 1. The van der Waals surface area contributed by atoms with E-state index < -0.39 is 0 Å². The third-order valence-electron chi connectivity index (χ3n) is 2.51. The average molecular weight is 251 g/mol. The van der Waals surface area contributed by atoms with E-state index in [0.717, 1.165) is 0 Å². The molecule has 1 amide bonds. The Morgan fingerprint density at radius 1 is 1.59 bits per heavy atom. The van der Waals surface area contributed by atoms with Gasteiger partial charge in [0.05, 0.1) is 12.1 Å². The minimum atomic E-state index is -0.0657. The molecule has 6 heteroatoms. The Morgan fingerprint density at radius 3 is 3.06 bits per heavy atom. The van der Waals surface area contributed by atoms with E-state index in [-0.39, 0.29) is 11.0 Å². The zero-order chi connectivity index (χ0) is 12.4. The van der Waals surface area contributed by atoms with Crippen molar-refractivity contribution < 1.29 is 9.53 Å². The van der Waals surface area contributed by atoms with Crippen LogP contribution in [0.4, 0.5) is 5.69 Å². The van der Waals surface area contributed by atoms with Gasteiger partial charge in [0.15, 0.2) is 5.11 Å². The lowest BCUT2D eigenvalue weighted by molar-refractivity contribution is 0.0797. The van der Waals surface area contributed by atoms with Crippen LogP contribution in [0.2, 0.25) is 0 Å². The first kappa shape index (κ1) is 11.7. The number of nitrogens with zero attached hydrogens (tertiary/aromatic N) is 1. The summed E-state index contributed by atoms with van der Waals surface area (Å²) in [6, 6.07) is 5.21. The number of fused-ring (bicyclic) bond motifs is 1. The van der Waals surface area contributed by atoms with Crippen LogP contribution < -0.4 is 15.8 Å². The summed E-state index contributed by atoms with van der Waals surface area (Å²) in [5, 5.41) is 2.96. The van der Waals surface area contributed by atoms with Gasteiger partial charge in [0, 0.05) is 12.7 Å². The summed E-state index contributed by atoms with van der Waals surface area (Å²) in [6.07, 6.45) is 0. The van der Waals surface area contributed by atoms with Crippen molar-refractivity contribution >= 4 is 28.9 Å². The number of anilines is 1. The molecule has 1 aromatic rings. The summed E-state index contributed by atoms with van der Waals surface area (Å²) in [6.45, 7) is 1.07. The Bertz CT molecular complexity index is 476. The van der Waals surface area contributed by atoms with Crippen LogP contribution in [0.25, 0.3) is 0 Å². The van der Waals surface area contributed by atoms with E-state index in [1.807, 2.05) is 0 Å².